The molecular formula is C17H28N2O3. The van der Waals surface area contributed by atoms with Gasteiger partial charge in [-0.25, -0.2) is 0 Å². The molecule has 0 aromatic carbocycles. The zero-order valence-electron chi connectivity index (χ0n) is 13.3. The van der Waals surface area contributed by atoms with Crippen molar-refractivity contribution < 1.29 is 14.7 Å². The van der Waals surface area contributed by atoms with E-state index >= 15 is 0 Å². The van der Waals surface area contributed by atoms with Crippen LogP contribution >= 0.6 is 0 Å². The minimum absolute atomic E-state index is 0.101. The van der Waals surface area contributed by atoms with Gasteiger partial charge in [-0.15, -0.1) is 0 Å². The van der Waals surface area contributed by atoms with Gasteiger partial charge in [0.25, 0.3) is 5.91 Å². The Labute approximate surface area is 132 Å². The van der Waals surface area contributed by atoms with Crippen LogP contribution in [0.1, 0.15) is 57.8 Å². The molecule has 22 heavy (non-hydrogen) atoms. The monoisotopic (exact) mass is 308 g/mol. The van der Waals surface area contributed by atoms with E-state index in [4.69, 9.17) is 0 Å². The highest BCUT2D eigenvalue weighted by Crippen LogP contribution is 2.30. The Morgan fingerprint density at radius 2 is 1.86 bits per heavy atom. The third-order valence-electron chi connectivity index (χ3n) is 5.45. The van der Waals surface area contributed by atoms with Gasteiger partial charge < -0.3 is 15.3 Å². The molecule has 2 amide bonds. The van der Waals surface area contributed by atoms with Crippen molar-refractivity contribution in [1.82, 2.24) is 10.2 Å². The smallest absolute Gasteiger partial charge is 0.251 e. The fraction of sp³-hybridized carbons (Fsp3) is 0.882. The summed E-state index contributed by atoms with van der Waals surface area (Å²) < 4.78 is 0. The summed E-state index contributed by atoms with van der Waals surface area (Å²) in [5.74, 6) is 0.935. The molecule has 2 atom stereocenters. The van der Waals surface area contributed by atoms with Crippen molar-refractivity contribution in [2.75, 3.05) is 13.1 Å². The number of carbonyl (C=O) groups is 2. The van der Waals surface area contributed by atoms with Crippen molar-refractivity contribution in [3.63, 3.8) is 0 Å². The van der Waals surface area contributed by atoms with E-state index in [1.165, 1.54) is 44.9 Å². The number of carbonyl (C=O) groups excluding carboxylic acids is 2. The molecule has 0 spiro atoms. The maximum atomic E-state index is 12.1. The minimum Gasteiger partial charge on any atom is -0.381 e. The lowest BCUT2D eigenvalue weighted by Crippen LogP contribution is -2.50. The van der Waals surface area contributed by atoms with Crippen LogP contribution in [0, 0.1) is 11.8 Å². The number of aliphatic hydroxyl groups is 1. The van der Waals surface area contributed by atoms with Crippen LogP contribution in [0.4, 0.5) is 0 Å². The number of rotatable bonds is 6. The van der Waals surface area contributed by atoms with Crippen LogP contribution in [-0.2, 0) is 9.59 Å². The van der Waals surface area contributed by atoms with Crippen molar-refractivity contribution in [2.24, 2.45) is 11.8 Å². The first kappa shape index (κ1) is 15.8. The summed E-state index contributed by atoms with van der Waals surface area (Å²) >= 11 is 0. The van der Waals surface area contributed by atoms with Gasteiger partial charge in [0.2, 0.25) is 5.91 Å². The molecule has 2 saturated carbocycles. The SMILES string of the molecule is O=C(NCC1CC1)C(O)C1CCC(=O)N1CC1CCCCC1. The molecule has 5 heteroatoms. The van der Waals surface area contributed by atoms with E-state index in [0.29, 0.717) is 31.2 Å². The Kier molecular flexibility index (Phi) is 5.01. The molecule has 0 radical (unpaired) electrons. The molecule has 1 saturated heterocycles. The van der Waals surface area contributed by atoms with E-state index in [2.05, 4.69) is 5.32 Å². The molecule has 124 valence electrons. The predicted octanol–water partition coefficient (Wildman–Crippen LogP) is 1.44. The van der Waals surface area contributed by atoms with Gasteiger partial charge in [0.15, 0.2) is 6.10 Å². The fourth-order valence-corrected chi connectivity index (χ4v) is 3.82. The van der Waals surface area contributed by atoms with E-state index in [1.54, 1.807) is 4.90 Å². The standard InChI is InChI=1S/C17H28N2O3/c20-15-9-8-14(16(21)17(22)18-10-12-6-7-12)19(15)11-13-4-2-1-3-5-13/h12-14,16,21H,1-11H2,(H,18,22). The highest BCUT2D eigenvalue weighted by molar-refractivity contribution is 5.85. The second kappa shape index (κ2) is 6.99. The summed E-state index contributed by atoms with van der Waals surface area (Å²) in [6.45, 7) is 1.38. The summed E-state index contributed by atoms with van der Waals surface area (Å²) in [6, 6.07) is -0.325. The van der Waals surface area contributed by atoms with Gasteiger partial charge in [-0.1, -0.05) is 19.3 Å². The number of amides is 2. The van der Waals surface area contributed by atoms with Crippen LogP contribution in [0.2, 0.25) is 0 Å². The number of likely N-dealkylation sites (tertiary alicyclic amines) is 1. The fourth-order valence-electron chi connectivity index (χ4n) is 3.82. The number of nitrogens with zero attached hydrogens (tertiary/aromatic N) is 1. The predicted molar refractivity (Wildman–Crippen MR) is 83.1 cm³/mol. The molecule has 3 fully saturated rings. The van der Waals surface area contributed by atoms with Crippen LogP contribution in [0.5, 0.6) is 0 Å². The first-order chi connectivity index (χ1) is 10.6. The second-order valence-corrected chi connectivity index (χ2v) is 7.29. The van der Waals surface area contributed by atoms with E-state index in [9.17, 15) is 14.7 Å². The lowest BCUT2D eigenvalue weighted by atomic mass is 9.88. The molecule has 5 nitrogen and oxygen atoms in total. The molecule has 2 unspecified atom stereocenters. The molecule has 3 rings (SSSR count). The Bertz CT molecular complexity index is 416. The highest BCUT2D eigenvalue weighted by Gasteiger charge is 2.40. The molecule has 1 aliphatic heterocycles. The average molecular weight is 308 g/mol. The van der Waals surface area contributed by atoms with Crippen molar-refractivity contribution in [2.45, 2.75) is 69.9 Å². The normalized spacial score (nSPS) is 28.0. The third kappa shape index (κ3) is 3.80. The van der Waals surface area contributed by atoms with E-state index in [1.807, 2.05) is 0 Å². The van der Waals surface area contributed by atoms with Crippen molar-refractivity contribution in [3.8, 4) is 0 Å². The molecule has 0 bridgehead atoms. The van der Waals surface area contributed by atoms with Gasteiger partial charge in [0.05, 0.1) is 6.04 Å². The topological polar surface area (TPSA) is 69.6 Å². The van der Waals surface area contributed by atoms with Crippen LogP contribution in [0.15, 0.2) is 0 Å². The van der Waals surface area contributed by atoms with E-state index in [-0.39, 0.29) is 17.9 Å². The molecule has 0 aromatic rings. The average Bonchev–Trinajstić information content (AvgIpc) is 3.30. The van der Waals surface area contributed by atoms with E-state index in [0.717, 1.165) is 6.54 Å². The first-order valence-electron chi connectivity index (χ1n) is 8.90. The Balaban J connectivity index is 1.54. The second-order valence-electron chi connectivity index (χ2n) is 7.29. The summed E-state index contributed by atoms with van der Waals surface area (Å²) in [7, 11) is 0. The molecule has 2 aliphatic carbocycles. The Morgan fingerprint density at radius 1 is 1.14 bits per heavy atom. The number of hydrogen-bond acceptors (Lipinski definition) is 3. The van der Waals surface area contributed by atoms with Crippen molar-refractivity contribution >= 4 is 11.8 Å². The molecule has 1 heterocycles. The molecule has 2 N–H and O–H groups in total. The molecule has 3 aliphatic rings. The third-order valence-corrected chi connectivity index (χ3v) is 5.45. The lowest BCUT2D eigenvalue weighted by Gasteiger charge is -2.32. The maximum absolute atomic E-state index is 12.1. The van der Waals surface area contributed by atoms with Gasteiger partial charge in [0.1, 0.15) is 0 Å². The van der Waals surface area contributed by atoms with Crippen LogP contribution in [0.25, 0.3) is 0 Å². The van der Waals surface area contributed by atoms with Crippen molar-refractivity contribution in [1.29, 1.82) is 0 Å². The Hall–Kier alpha value is -1.10. The minimum atomic E-state index is -1.08. The van der Waals surface area contributed by atoms with Gasteiger partial charge in [-0.05, 0) is 43.9 Å². The number of nitrogens with one attached hydrogen (secondary N) is 1. The van der Waals surface area contributed by atoms with Gasteiger partial charge in [-0.3, -0.25) is 9.59 Å². The molecular weight excluding hydrogens is 280 g/mol. The largest absolute Gasteiger partial charge is 0.381 e. The van der Waals surface area contributed by atoms with Crippen molar-refractivity contribution in [3.05, 3.63) is 0 Å². The van der Waals surface area contributed by atoms with Crippen LogP contribution < -0.4 is 5.32 Å². The number of aliphatic hydroxyl groups excluding tert-OH is 1. The Morgan fingerprint density at radius 3 is 2.55 bits per heavy atom. The van der Waals surface area contributed by atoms with Gasteiger partial charge in [-0.2, -0.15) is 0 Å². The van der Waals surface area contributed by atoms with Crippen LogP contribution in [0.3, 0.4) is 0 Å². The number of hydrogen-bond donors (Lipinski definition) is 2. The van der Waals surface area contributed by atoms with E-state index < -0.39 is 6.10 Å². The summed E-state index contributed by atoms with van der Waals surface area (Å²) in [5, 5.41) is 13.2. The van der Waals surface area contributed by atoms with Crippen LogP contribution in [-0.4, -0.2) is 47.1 Å². The summed E-state index contributed by atoms with van der Waals surface area (Å²) in [5.41, 5.74) is 0. The maximum Gasteiger partial charge on any atom is 0.251 e. The quantitative estimate of drug-likeness (QED) is 0.780. The molecule has 0 aromatic heterocycles. The van der Waals surface area contributed by atoms with Gasteiger partial charge >= 0.3 is 0 Å². The first-order valence-corrected chi connectivity index (χ1v) is 8.90. The zero-order chi connectivity index (χ0) is 15.5. The zero-order valence-corrected chi connectivity index (χ0v) is 13.3. The lowest BCUT2D eigenvalue weighted by molar-refractivity contribution is -0.137. The van der Waals surface area contributed by atoms with Gasteiger partial charge in [0, 0.05) is 19.5 Å². The summed E-state index contributed by atoms with van der Waals surface area (Å²) in [6.07, 6.45) is 8.44. The summed E-state index contributed by atoms with van der Waals surface area (Å²) in [4.78, 5) is 26.0. The highest BCUT2D eigenvalue weighted by atomic mass is 16.3.